The molecule has 1 nitrogen and oxygen atoms in total. The van der Waals surface area contributed by atoms with E-state index in [1.54, 1.807) is 0 Å². The van der Waals surface area contributed by atoms with Crippen molar-refractivity contribution in [3.63, 3.8) is 0 Å². The molecule has 0 aliphatic rings. The number of rotatable bonds is 2. The Balaban J connectivity index is 2.50. The molecule has 2 heteroatoms. The van der Waals surface area contributed by atoms with E-state index in [2.05, 4.69) is 65.0 Å². The molecule has 0 saturated carbocycles. The number of benzene rings is 1. The van der Waals surface area contributed by atoms with E-state index in [-0.39, 0.29) is 11.5 Å². The quantitative estimate of drug-likeness (QED) is 0.842. The summed E-state index contributed by atoms with van der Waals surface area (Å²) in [6, 6.07) is 10.7. The van der Waals surface area contributed by atoms with Gasteiger partial charge in [0.05, 0.1) is 6.04 Å². The molecule has 1 aromatic carbocycles. The second kappa shape index (κ2) is 5.10. The largest absolute Gasteiger partial charge is 0.320 e. The van der Waals surface area contributed by atoms with Gasteiger partial charge < -0.3 is 5.73 Å². The summed E-state index contributed by atoms with van der Waals surface area (Å²) in [5.74, 6) is 0. The van der Waals surface area contributed by atoms with Gasteiger partial charge in [-0.05, 0) is 42.0 Å². The molecule has 2 N–H and O–H groups in total. The summed E-state index contributed by atoms with van der Waals surface area (Å²) in [5, 5.41) is 0. The van der Waals surface area contributed by atoms with Gasteiger partial charge in [-0.2, -0.15) is 0 Å². The molecule has 0 radical (unpaired) electrons. The number of aryl methyl sites for hydroxylation is 2. The molecule has 1 atom stereocenters. The molecule has 0 fully saturated rings. The fourth-order valence-corrected chi connectivity index (χ4v) is 3.55. The van der Waals surface area contributed by atoms with Crippen molar-refractivity contribution in [2.75, 3.05) is 0 Å². The van der Waals surface area contributed by atoms with Crippen molar-refractivity contribution in [2.24, 2.45) is 5.73 Å². The molecule has 0 amide bonds. The Morgan fingerprint density at radius 3 is 2.21 bits per heavy atom. The van der Waals surface area contributed by atoms with Crippen LogP contribution in [-0.2, 0) is 5.41 Å². The first-order valence-corrected chi connectivity index (χ1v) is 7.54. The van der Waals surface area contributed by atoms with Crippen LogP contribution in [-0.4, -0.2) is 0 Å². The van der Waals surface area contributed by atoms with Crippen LogP contribution in [0.5, 0.6) is 0 Å². The van der Waals surface area contributed by atoms with Gasteiger partial charge in [-0.15, -0.1) is 11.3 Å². The molecule has 102 valence electrons. The molecule has 2 aromatic rings. The molecule has 1 aromatic heterocycles. The summed E-state index contributed by atoms with van der Waals surface area (Å²) < 4.78 is 0. The van der Waals surface area contributed by atoms with Crippen molar-refractivity contribution in [3.8, 4) is 0 Å². The highest BCUT2D eigenvalue weighted by Crippen LogP contribution is 2.34. The minimum atomic E-state index is -0.0274. The third-order valence-corrected chi connectivity index (χ3v) is 4.50. The third kappa shape index (κ3) is 2.90. The topological polar surface area (TPSA) is 26.0 Å². The monoisotopic (exact) mass is 273 g/mol. The normalized spacial score (nSPS) is 13.6. The van der Waals surface area contributed by atoms with Crippen molar-refractivity contribution in [3.05, 3.63) is 56.8 Å². The zero-order valence-electron chi connectivity index (χ0n) is 12.4. The molecular formula is C17H23NS. The predicted octanol–water partition coefficient (Wildman–Crippen LogP) is 4.71. The standard InChI is InChI=1S/C17H23NS/c1-11-10-14(12(2)19-11)16(18)13-8-6-7-9-15(13)17(3,4)5/h6-10,16H,18H2,1-5H3. The lowest BCUT2D eigenvalue weighted by molar-refractivity contribution is 0.577. The molecule has 0 aliphatic carbocycles. The van der Waals surface area contributed by atoms with Crippen molar-refractivity contribution >= 4 is 11.3 Å². The van der Waals surface area contributed by atoms with Crippen LogP contribution >= 0.6 is 11.3 Å². The molecule has 1 unspecified atom stereocenters. The van der Waals surface area contributed by atoms with Crippen molar-refractivity contribution in [1.29, 1.82) is 0 Å². The first kappa shape index (κ1) is 14.3. The van der Waals surface area contributed by atoms with Crippen molar-refractivity contribution in [2.45, 2.75) is 46.1 Å². The van der Waals surface area contributed by atoms with Crippen LogP contribution in [0.1, 0.15) is 53.3 Å². The van der Waals surface area contributed by atoms with Gasteiger partial charge in [0.25, 0.3) is 0 Å². The van der Waals surface area contributed by atoms with E-state index in [0.717, 1.165) is 0 Å². The van der Waals surface area contributed by atoms with E-state index in [0.29, 0.717) is 0 Å². The first-order chi connectivity index (χ1) is 8.80. The molecule has 0 saturated heterocycles. The fraction of sp³-hybridized carbons (Fsp3) is 0.412. The van der Waals surface area contributed by atoms with Gasteiger partial charge >= 0.3 is 0 Å². The van der Waals surface area contributed by atoms with Crippen LogP contribution in [0, 0.1) is 13.8 Å². The lowest BCUT2D eigenvalue weighted by Gasteiger charge is -2.26. The highest BCUT2D eigenvalue weighted by molar-refractivity contribution is 7.12. The lowest BCUT2D eigenvalue weighted by atomic mass is 9.81. The van der Waals surface area contributed by atoms with Crippen LogP contribution in [0.3, 0.4) is 0 Å². The molecular weight excluding hydrogens is 250 g/mol. The molecule has 0 bridgehead atoms. The van der Waals surface area contributed by atoms with E-state index in [1.807, 2.05) is 11.3 Å². The summed E-state index contributed by atoms with van der Waals surface area (Å²) >= 11 is 1.83. The van der Waals surface area contributed by atoms with E-state index in [1.165, 1.54) is 26.4 Å². The average molecular weight is 273 g/mol. The van der Waals surface area contributed by atoms with Crippen LogP contribution in [0.2, 0.25) is 0 Å². The SMILES string of the molecule is Cc1cc(C(N)c2ccccc2C(C)(C)C)c(C)s1. The Labute approximate surface area is 120 Å². The molecule has 19 heavy (non-hydrogen) atoms. The minimum Gasteiger partial charge on any atom is -0.320 e. The molecule has 0 aliphatic heterocycles. The summed E-state index contributed by atoms with van der Waals surface area (Å²) in [6.45, 7) is 11.0. The number of hydrogen-bond acceptors (Lipinski definition) is 2. The van der Waals surface area contributed by atoms with Gasteiger partial charge in [0, 0.05) is 9.75 Å². The first-order valence-electron chi connectivity index (χ1n) is 6.72. The van der Waals surface area contributed by atoms with Gasteiger partial charge in [0.1, 0.15) is 0 Å². The second-order valence-electron chi connectivity index (χ2n) is 6.18. The Morgan fingerprint density at radius 1 is 1.05 bits per heavy atom. The summed E-state index contributed by atoms with van der Waals surface area (Å²) in [7, 11) is 0. The lowest BCUT2D eigenvalue weighted by Crippen LogP contribution is -2.20. The van der Waals surface area contributed by atoms with E-state index in [4.69, 9.17) is 5.73 Å². The van der Waals surface area contributed by atoms with Crippen molar-refractivity contribution in [1.82, 2.24) is 0 Å². The van der Waals surface area contributed by atoms with Crippen molar-refractivity contribution < 1.29 is 0 Å². The zero-order chi connectivity index (χ0) is 14.2. The second-order valence-corrected chi connectivity index (χ2v) is 7.64. The van der Waals surface area contributed by atoms with E-state index < -0.39 is 0 Å². The maximum atomic E-state index is 6.53. The van der Waals surface area contributed by atoms with Crippen LogP contribution in [0.15, 0.2) is 30.3 Å². The van der Waals surface area contributed by atoms with Crippen LogP contribution in [0.4, 0.5) is 0 Å². The number of hydrogen-bond donors (Lipinski definition) is 1. The number of thiophene rings is 1. The molecule has 1 heterocycles. The van der Waals surface area contributed by atoms with Gasteiger partial charge in [0.2, 0.25) is 0 Å². The Kier molecular flexibility index (Phi) is 3.84. The Bertz CT molecular complexity index is 575. The smallest absolute Gasteiger partial charge is 0.0565 e. The average Bonchev–Trinajstić information content (AvgIpc) is 2.66. The van der Waals surface area contributed by atoms with E-state index in [9.17, 15) is 0 Å². The summed E-state index contributed by atoms with van der Waals surface area (Å²) in [5.41, 5.74) is 10.5. The van der Waals surface area contributed by atoms with Gasteiger partial charge in [0.15, 0.2) is 0 Å². The summed E-state index contributed by atoms with van der Waals surface area (Å²) in [4.78, 5) is 2.66. The minimum absolute atomic E-state index is 0.0274. The zero-order valence-corrected chi connectivity index (χ0v) is 13.3. The maximum absolute atomic E-state index is 6.53. The number of nitrogens with two attached hydrogens (primary N) is 1. The molecule has 2 rings (SSSR count). The van der Waals surface area contributed by atoms with Gasteiger partial charge in [-0.25, -0.2) is 0 Å². The van der Waals surface area contributed by atoms with Gasteiger partial charge in [-0.3, -0.25) is 0 Å². The highest BCUT2D eigenvalue weighted by atomic mass is 32.1. The summed E-state index contributed by atoms with van der Waals surface area (Å²) in [6.07, 6.45) is 0. The van der Waals surface area contributed by atoms with Crippen LogP contribution < -0.4 is 5.73 Å². The Hall–Kier alpha value is -1.12. The third-order valence-electron chi connectivity index (χ3n) is 3.52. The van der Waals surface area contributed by atoms with Gasteiger partial charge in [-0.1, -0.05) is 45.0 Å². The highest BCUT2D eigenvalue weighted by Gasteiger charge is 2.22. The van der Waals surface area contributed by atoms with Crippen LogP contribution in [0.25, 0.3) is 0 Å². The fourth-order valence-electron chi connectivity index (χ4n) is 2.58. The molecule has 0 spiro atoms. The maximum Gasteiger partial charge on any atom is 0.0565 e. The Morgan fingerprint density at radius 2 is 1.68 bits per heavy atom. The van der Waals surface area contributed by atoms with E-state index >= 15 is 0 Å². The predicted molar refractivity (Wildman–Crippen MR) is 85.0 cm³/mol.